The van der Waals surface area contributed by atoms with Crippen molar-refractivity contribution < 1.29 is 4.79 Å². The van der Waals surface area contributed by atoms with Gasteiger partial charge in [0.1, 0.15) is 5.78 Å². The fourth-order valence-electron chi connectivity index (χ4n) is 0.236. The number of ketones is 1. The summed E-state index contributed by atoms with van der Waals surface area (Å²) >= 11 is 1.86. The maximum atomic E-state index is 10.4. The zero-order chi connectivity index (χ0) is 9.28. The summed E-state index contributed by atoms with van der Waals surface area (Å²) < 4.78 is 0. The third-order valence-electron chi connectivity index (χ3n) is 1.13. The smallest absolute Gasteiger partial charge is 0.148 e. The van der Waals surface area contributed by atoms with Gasteiger partial charge in [0.25, 0.3) is 0 Å². The molecule has 0 aliphatic heterocycles. The first-order valence-corrected chi connectivity index (χ1v) is 5.21. The molecular weight excluding hydrogens is 158 g/mol. The Bertz CT molecular complexity index is 92.1. The molecule has 0 atom stereocenters. The first-order valence-electron chi connectivity index (χ1n) is 3.81. The molecule has 0 aromatic heterocycles. The van der Waals surface area contributed by atoms with Gasteiger partial charge in [-0.3, -0.25) is 4.79 Å². The quantitative estimate of drug-likeness (QED) is 0.711. The van der Waals surface area contributed by atoms with Crippen LogP contribution in [0.25, 0.3) is 0 Å². The number of Topliss-reactive ketones (excluding diaryl/α,β-unsaturated/α-hetero) is 1. The van der Waals surface area contributed by atoms with E-state index < -0.39 is 0 Å². The lowest BCUT2D eigenvalue weighted by molar-refractivity contribution is -0.120. The molecule has 0 spiro atoms. The fourth-order valence-corrected chi connectivity index (χ4v) is 0.236. The fraction of sp³-hybridized carbons (Fsp3) is 0.875. The number of hydrogen-bond acceptors (Lipinski definition) is 3. The van der Waals surface area contributed by atoms with Crippen LogP contribution in [-0.2, 0) is 4.79 Å². The second-order valence-electron chi connectivity index (χ2n) is 2.40. The Morgan fingerprint density at radius 3 is 1.91 bits per heavy atom. The van der Waals surface area contributed by atoms with Gasteiger partial charge in [0.2, 0.25) is 0 Å². The van der Waals surface area contributed by atoms with Crippen LogP contribution in [0.15, 0.2) is 0 Å². The largest absolute Gasteiger partial charge is 0.324 e. The van der Waals surface area contributed by atoms with Gasteiger partial charge in [-0.05, 0) is 12.0 Å². The average Bonchev–Trinajstić information content (AvgIpc) is 2.03. The number of thioether (sulfide) groups is 1. The van der Waals surface area contributed by atoms with E-state index in [1.807, 2.05) is 25.6 Å². The highest BCUT2D eigenvalue weighted by atomic mass is 32.2. The Hall–Kier alpha value is -0.0200. The summed E-state index contributed by atoms with van der Waals surface area (Å²) in [6, 6.07) is 0. The van der Waals surface area contributed by atoms with Crippen molar-refractivity contribution in [2.24, 2.45) is 11.7 Å². The monoisotopic (exact) mass is 177 g/mol. The molecule has 0 bridgehead atoms. The number of rotatable bonds is 3. The zero-order valence-electron chi connectivity index (χ0n) is 7.89. The van der Waals surface area contributed by atoms with Crippen LogP contribution in [0.2, 0.25) is 0 Å². The average molecular weight is 177 g/mol. The van der Waals surface area contributed by atoms with Crippen LogP contribution in [-0.4, -0.2) is 24.3 Å². The van der Waals surface area contributed by atoms with Gasteiger partial charge < -0.3 is 5.73 Å². The summed E-state index contributed by atoms with van der Waals surface area (Å²) in [5.41, 5.74) is 5.02. The molecule has 0 amide bonds. The first kappa shape index (κ1) is 13.6. The predicted molar refractivity (Wildman–Crippen MR) is 53.0 cm³/mol. The lowest BCUT2D eigenvalue weighted by Gasteiger charge is -1.96. The lowest BCUT2D eigenvalue weighted by Crippen LogP contribution is -2.18. The van der Waals surface area contributed by atoms with Crippen molar-refractivity contribution in [2.75, 3.05) is 18.6 Å². The number of hydrogen-bond donors (Lipinski definition) is 1. The summed E-state index contributed by atoms with van der Waals surface area (Å²) in [4.78, 5) is 10.4. The van der Waals surface area contributed by atoms with Crippen molar-refractivity contribution in [3.63, 3.8) is 0 Å². The van der Waals surface area contributed by atoms with E-state index in [1.165, 1.54) is 5.75 Å². The van der Waals surface area contributed by atoms with Crippen molar-refractivity contribution >= 4 is 17.5 Å². The van der Waals surface area contributed by atoms with Gasteiger partial charge in [0.15, 0.2) is 0 Å². The number of nitrogens with two attached hydrogens (primary N) is 1. The number of carbonyl (C=O) groups is 1. The maximum Gasteiger partial charge on any atom is 0.148 e. The first-order chi connectivity index (χ1) is 5.09. The summed E-state index contributed by atoms with van der Waals surface area (Å²) in [5.74, 6) is 1.46. The van der Waals surface area contributed by atoms with Crippen molar-refractivity contribution in [3.8, 4) is 0 Å². The van der Waals surface area contributed by atoms with Gasteiger partial charge in [0.05, 0.1) is 6.54 Å². The molecule has 0 aliphatic rings. The third-order valence-corrected chi connectivity index (χ3v) is 1.71. The van der Waals surface area contributed by atoms with Crippen LogP contribution in [0.4, 0.5) is 0 Å². The molecule has 2 N–H and O–H groups in total. The molecule has 0 heterocycles. The minimum absolute atomic E-state index is 0.102. The summed E-state index contributed by atoms with van der Waals surface area (Å²) in [5, 5.41) is 0. The normalized spacial score (nSPS) is 8.91. The Morgan fingerprint density at radius 1 is 1.55 bits per heavy atom. The van der Waals surface area contributed by atoms with Crippen LogP contribution >= 0.6 is 11.8 Å². The van der Waals surface area contributed by atoms with Gasteiger partial charge >= 0.3 is 0 Å². The highest BCUT2D eigenvalue weighted by molar-refractivity contribution is 7.98. The van der Waals surface area contributed by atoms with Gasteiger partial charge in [-0.1, -0.05) is 20.8 Å². The molecule has 0 aliphatic carbocycles. The van der Waals surface area contributed by atoms with Crippen LogP contribution in [0.3, 0.4) is 0 Å². The van der Waals surface area contributed by atoms with E-state index in [4.69, 9.17) is 5.73 Å². The number of carbonyl (C=O) groups excluding carboxylic acids is 1. The predicted octanol–water partition coefficient (Wildman–Crippen LogP) is 1.54. The molecule has 2 nitrogen and oxygen atoms in total. The zero-order valence-corrected chi connectivity index (χ0v) is 8.70. The molecule has 0 unspecified atom stereocenters. The van der Waals surface area contributed by atoms with Crippen molar-refractivity contribution in [1.82, 2.24) is 0 Å². The van der Waals surface area contributed by atoms with E-state index in [0.29, 0.717) is 0 Å². The van der Waals surface area contributed by atoms with E-state index in [0.717, 1.165) is 0 Å². The molecule has 11 heavy (non-hydrogen) atoms. The molecule has 0 aromatic carbocycles. The van der Waals surface area contributed by atoms with E-state index in [2.05, 4.69) is 13.2 Å². The second-order valence-corrected chi connectivity index (χ2v) is 3.56. The molecule has 0 saturated carbocycles. The SMILES string of the molecule is CC(C)C(=O)CN.CCSC. The Labute approximate surface area is 73.9 Å². The topological polar surface area (TPSA) is 43.1 Å². The minimum Gasteiger partial charge on any atom is -0.324 e. The summed E-state index contributed by atoms with van der Waals surface area (Å²) in [7, 11) is 0. The molecule has 0 fully saturated rings. The third kappa shape index (κ3) is 13.0. The minimum atomic E-state index is 0.102. The molecule has 68 valence electrons. The van der Waals surface area contributed by atoms with Crippen LogP contribution in [0.1, 0.15) is 20.8 Å². The van der Waals surface area contributed by atoms with Crippen LogP contribution in [0.5, 0.6) is 0 Å². The van der Waals surface area contributed by atoms with E-state index in [9.17, 15) is 4.79 Å². The van der Waals surface area contributed by atoms with Gasteiger partial charge in [-0.25, -0.2) is 0 Å². The molecule has 0 rings (SSSR count). The Kier molecular flexibility index (Phi) is 12.3. The Balaban J connectivity index is 0. The molecule has 0 radical (unpaired) electrons. The van der Waals surface area contributed by atoms with Crippen molar-refractivity contribution in [1.29, 1.82) is 0 Å². The molecule has 3 heteroatoms. The van der Waals surface area contributed by atoms with Gasteiger partial charge in [-0.2, -0.15) is 11.8 Å². The maximum absolute atomic E-state index is 10.4. The van der Waals surface area contributed by atoms with Crippen LogP contribution < -0.4 is 5.73 Å². The van der Waals surface area contributed by atoms with Gasteiger partial charge in [0, 0.05) is 5.92 Å². The van der Waals surface area contributed by atoms with E-state index in [1.54, 1.807) is 0 Å². The van der Waals surface area contributed by atoms with E-state index >= 15 is 0 Å². The molecule has 0 saturated heterocycles. The van der Waals surface area contributed by atoms with Crippen molar-refractivity contribution in [3.05, 3.63) is 0 Å². The molecular formula is C8H19NOS. The molecule has 0 aromatic rings. The highest BCUT2D eigenvalue weighted by Crippen LogP contribution is 1.89. The highest BCUT2D eigenvalue weighted by Gasteiger charge is 2.01. The second kappa shape index (κ2) is 9.98. The summed E-state index contributed by atoms with van der Waals surface area (Å²) in [6.07, 6.45) is 2.10. The van der Waals surface area contributed by atoms with Gasteiger partial charge in [-0.15, -0.1) is 0 Å². The van der Waals surface area contributed by atoms with E-state index in [-0.39, 0.29) is 18.2 Å². The van der Waals surface area contributed by atoms with Crippen LogP contribution in [0, 0.1) is 5.92 Å². The summed E-state index contributed by atoms with van der Waals surface area (Å²) in [6.45, 7) is 6.01. The Morgan fingerprint density at radius 2 is 1.91 bits per heavy atom. The lowest BCUT2D eigenvalue weighted by atomic mass is 10.1. The standard InChI is InChI=1S/C5H11NO.C3H8S/c1-4(2)5(7)3-6;1-3-4-2/h4H,3,6H2,1-2H3;3H2,1-2H3. The van der Waals surface area contributed by atoms with Crippen molar-refractivity contribution in [2.45, 2.75) is 20.8 Å².